The van der Waals surface area contributed by atoms with Gasteiger partial charge in [0, 0.05) is 29.4 Å². The summed E-state index contributed by atoms with van der Waals surface area (Å²) in [6.07, 6.45) is 12.2. The van der Waals surface area contributed by atoms with E-state index in [1.165, 1.54) is 16.7 Å². The Balaban J connectivity index is 2.15. The summed E-state index contributed by atoms with van der Waals surface area (Å²) in [7, 11) is 0. The summed E-state index contributed by atoms with van der Waals surface area (Å²) in [4.78, 5) is 6.63. The van der Waals surface area contributed by atoms with E-state index in [0.29, 0.717) is 0 Å². The van der Waals surface area contributed by atoms with E-state index in [1.54, 1.807) is 0 Å². The second-order valence-electron chi connectivity index (χ2n) is 6.75. The van der Waals surface area contributed by atoms with Crippen LogP contribution in [-0.4, -0.2) is 16.4 Å². The third-order valence-corrected chi connectivity index (χ3v) is 4.85. The summed E-state index contributed by atoms with van der Waals surface area (Å²) in [6, 6.07) is 12.2. The molecule has 1 aromatic heterocycles. The average Bonchev–Trinajstić information content (AvgIpc) is 2.67. The maximum absolute atomic E-state index is 6.28. The molecule has 1 aromatic carbocycles. The summed E-state index contributed by atoms with van der Waals surface area (Å²) in [5.74, 6) is 0.216. The molecule has 3 heteroatoms. The number of nitrogens with zero attached hydrogens (tertiary/aromatic N) is 2. The third kappa shape index (κ3) is 6.41. The number of halogens is 1. The molecule has 0 aliphatic rings. The van der Waals surface area contributed by atoms with E-state index in [2.05, 4.69) is 60.8 Å². The molecule has 0 bridgehead atoms. The van der Waals surface area contributed by atoms with Crippen molar-refractivity contribution in [1.29, 1.82) is 0 Å². The molecule has 1 heterocycles. The van der Waals surface area contributed by atoms with E-state index < -0.39 is 0 Å². The molecule has 2 rings (SSSR count). The fraction of sp³-hybridized carbons (Fsp3) is 0.292. The fourth-order valence-electron chi connectivity index (χ4n) is 3.15. The van der Waals surface area contributed by atoms with Crippen LogP contribution in [0.15, 0.2) is 73.2 Å². The number of pyridine rings is 1. The van der Waals surface area contributed by atoms with Gasteiger partial charge in [0.25, 0.3) is 0 Å². The first-order valence-electron chi connectivity index (χ1n) is 9.43. The van der Waals surface area contributed by atoms with Crippen molar-refractivity contribution in [2.75, 3.05) is 6.54 Å². The molecular weight excluding hydrogens is 352 g/mol. The molecule has 0 saturated heterocycles. The van der Waals surface area contributed by atoms with Crippen molar-refractivity contribution >= 4 is 17.7 Å². The van der Waals surface area contributed by atoms with Gasteiger partial charge in [-0.3, -0.25) is 4.98 Å². The topological polar surface area (TPSA) is 16.1 Å². The van der Waals surface area contributed by atoms with E-state index in [1.807, 2.05) is 43.6 Å². The van der Waals surface area contributed by atoms with E-state index in [0.717, 1.165) is 30.1 Å². The largest absolute Gasteiger partial charge is 0.355 e. The van der Waals surface area contributed by atoms with Crippen molar-refractivity contribution in [1.82, 2.24) is 9.88 Å². The van der Waals surface area contributed by atoms with Gasteiger partial charge in [-0.05, 0) is 74.5 Å². The number of aromatic nitrogens is 1. The lowest BCUT2D eigenvalue weighted by atomic mass is 9.91. The van der Waals surface area contributed by atoms with Gasteiger partial charge < -0.3 is 4.90 Å². The molecule has 1 unspecified atom stereocenters. The minimum Gasteiger partial charge on any atom is -0.355 e. The van der Waals surface area contributed by atoms with Gasteiger partial charge in [0.15, 0.2) is 0 Å². The first-order valence-corrected chi connectivity index (χ1v) is 9.81. The Labute approximate surface area is 168 Å². The van der Waals surface area contributed by atoms with Crippen LogP contribution in [0.5, 0.6) is 0 Å². The van der Waals surface area contributed by atoms with Gasteiger partial charge in [0.1, 0.15) is 0 Å². The Hall–Kier alpha value is -2.32. The molecule has 0 saturated carbocycles. The van der Waals surface area contributed by atoms with Gasteiger partial charge in [-0.1, -0.05) is 55.0 Å². The van der Waals surface area contributed by atoms with Crippen LogP contribution >= 0.6 is 11.6 Å². The standard InChI is InChI=1S/C24H29ClN2/c1-5-15-27(6-2)16-9-10-19(3)17-21-18-22(25)12-13-23(21)20(4)24-11-7-8-14-26-24/h5-8,11-15,17-18,20H,2,9-10,16H2,1,3-4H3/b15-5-,19-17+. The predicted octanol–water partition coefficient (Wildman–Crippen LogP) is 7.05. The van der Waals surface area contributed by atoms with Crippen LogP contribution < -0.4 is 0 Å². The fourth-order valence-corrected chi connectivity index (χ4v) is 3.33. The molecule has 142 valence electrons. The number of hydrogen-bond donors (Lipinski definition) is 0. The molecule has 0 radical (unpaired) electrons. The second kappa shape index (κ2) is 10.7. The SMILES string of the molecule is C=CN(/C=C\C)CCC/C(C)=C/c1cc(Cl)ccc1C(C)c1ccccn1. The van der Waals surface area contributed by atoms with Crippen molar-refractivity contribution in [3.63, 3.8) is 0 Å². The van der Waals surface area contributed by atoms with E-state index in [9.17, 15) is 0 Å². The zero-order chi connectivity index (χ0) is 19.6. The first-order chi connectivity index (χ1) is 13.0. The van der Waals surface area contributed by atoms with Crippen molar-refractivity contribution in [3.05, 3.63) is 95.1 Å². The average molecular weight is 381 g/mol. The lowest BCUT2D eigenvalue weighted by Crippen LogP contribution is -2.10. The lowest BCUT2D eigenvalue weighted by Gasteiger charge is -2.16. The Bertz CT molecular complexity index is 793. The normalized spacial score (nSPS) is 13.0. The van der Waals surface area contributed by atoms with Crippen molar-refractivity contribution in [3.8, 4) is 0 Å². The van der Waals surface area contributed by atoms with Gasteiger partial charge in [-0.15, -0.1) is 0 Å². The van der Waals surface area contributed by atoms with E-state index in [4.69, 9.17) is 11.6 Å². The summed E-state index contributed by atoms with van der Waals surface area (Å²) in [5.41, 5.74) is 4.84. The molecule has 0 N–H and O–H groups in total. The first kappa shape index (κ1) is 21.0. The van der Waals surface area contributed by atoms with Gasteiger partial charge in [-0.2, -0.15) is 0 Å². The van der Waals surface area contributed by atoms with Crippen LogP contribution in [0.4, 0.5) is 0 Å². The summed E-state index contributed by atoms with van der Waals surface area (Å²) >= 11 is 6.28. The molecule has 27 heavy (non-hydrogen) atoms. The number of allylic oxidation sites excluding steroid dienone is 2. The molecule has 2 aromatic rings. The molecule has 2 nitrogen and oxygen atoms in total. The Morgan fingerprint density at radius 1 is 1.30 bits per heavy atom. The minimum atomic E-state index is 0.216. The maximum Gasteiger partial charge on any atom is 0.0475 e. The van der Waals surface area contributed by atoms with Crippen LogP contribution in [0.2, 0.25) is 5.02 Å². The van der Waals surface area contributed by atoms with Gasteiger partial charge in [0.05, 0.1) is 0 Å². The van der Waals surface area contributed by atoms with Crippen LogP contribution in [0.3, 0.4) is 0 Å². The Morgan fingerprint density at radius 2 is 2.11 bits per heavy atom. The van der Waals surface area contributed by atoms with Crippen LogP contribution in [0, 0.1) is 0 Å². The quantitative estimate of drug-likeness (QED) is 0.463. The van der Waals surface area contributed by atoms with Crippen molar-refractivity contribution in [2.45, 2.75) is 39.5 Å². The molecule has 0 amide bonds. The van der Waals surface area contributed by atoms with E-state index >= 15 is 0 Å². The molecule has 1 atom stereocenters. The third-order valence-electron chi connectivity index (χ3n) is 4.61. The van der Waals surface area contributed by atoms with E-state index in [-0.39, 0.29) is 5.92 Å². The summed E-state index contributed by atoms with van der Waals surface area (Å²) < 4.78 is 0. The minimum absolute atomic E-state index is 0.216. The summed E-state index contributed by atoms with van der Waals surface area (Å²) in [6.45, 7) is 11.2. The van der Waals surface area contributed by atoms with Gasteiger partial charge in [-0.25, -0.2) is 0 Å². The highest BCUT2D eigenvalue weighted by atomic mass is 35.5. The van der Waals surface area contributed by atoms with Crippen molar-refractivity contribution in [2.24, 2.45) is 0 Å². The highest BCUT2D eigenvalue weighted by Gasteiger charge is 2.13. The number of rotatable bonds is 9. The maximum atomic E-state index is 6.28. The lowest BCUT2D eigenvalue weighted by molar-refractivity contribution is 0.489. The molecule has 0 aliphatic heterocycles. The summed E-state index contributed by atoms with van der Waals surface area (Å²) in [5, 5.41) is 0.761. The molecule has 0 fully saturated rings. The monoisotopic (exact) mass is 380 g/mol. The second-order valence-corrected chi connectivity index (χ2v) is 7.18. The molecular formula is C24H29ClN2. The Kier molecular flexibility index (Phi) is 8.35. The molecule has 0 spiro atoms. The number of hydrogen-bond acceptors (Lipinski definition) is 2. The van der Waals surface area contributed by atoms with Crippen molar-refractivity contribution < 1.29 is 0 Å². The zero-order valence-corrected chi connectivity index (χ0v) is 17.3. The van der Waals surface area contributed by atoms with Crippen LogP contribution in [-0.2, 0) is 0 Å². The predicted molar refractivity (Wildman–Crippen MR) is 118 cm³/mol. The van der Waals surface area contributed by atoms with Crippen LogP contribution in [0.1, 0.15) is 56.4 Å². The van der Waals surface area contributed by atoms with Gasteiger partial charge >= 0.3 is 0 Å². The highest BCUT2D eigenvalue weighted by Crippen LogP contribution is 2.29. The number of benzene rings is 1. The van der Waals surface area contributed by atoms with Crippen LogP contribution in [0.25, 0.3) is 6.08 Å². The van der Waals surface area contributed by atoms with Gasteiger partial charge in [0.2, 0.25) is 0 Å². The highest BCUT2D eigenvalue weighted by molar-refractivity contribution is 6.30. The zero-order valence-electron chi connectivity index (χ0n) is 16.5. The Morgan fingerprint density at radius 3 is 2.78 bits per heavy atom. The smallest absolute Gasteiger partial charge is 0.0475 e. The molecule has 0 aliphatic carbocycles.